The first-order valence-corrected chi connectivity index (χ1v) is 10.8. The van der Waals surface area contributed by atoms with E-state index in [1.165, 1.54) is 6.08 Å². The molecule has 4 aromatic rings. The maximum absolute atomic E-state index is 13.7. The molecule has 0 aliphatic carbocycles. The summed E-state index contributed by atoms with van der Waals surface area (Å²) in [5, 5.41) is 0. The Labute approximate surface area is 190 Å². The lowest BCUT2D eigenvalue weighted by molar-refractivity contribution is -0.125. The number of rotatable bonds is 5. The molecule has 0 bridgehead atoms. The van der Waals surface area contributed by atoms with Crippen LogP contribution >= 0.6 is 0 Å². The molecule has 1 fully saturated rings. The Bertz CT molecular complexity index is 1390. The van der Waals surface area contributed by atoms with E-state index in [-0.39, 0.29) is 17.6 Å². The first-order chi connectivity index (χ1) is 16.1. The molecule has 1 unspecified atom stereocenters. The fourth-order valence-corrected chi connectivity index (χ4v) is 4.46. The highest BCUT2D eigenvalue weighted by molar-refractivity contribution is 5.90. The van der Waals surface area contributed by atoms with Crippen molar-refractivity contribution in [2.45, 2.75) is 12.5 Å². The lowest BCUT2D eigenvalue weighted by Gasteiger charge is -2.15. The molecule has 0 spiro atoms. The minimum atomic E-state index is -0.183. The van der Waals surface area contributed by atoms with Crippen molar-refractivity contribution >= 4 is 22.6 Å². The largest absolute Gasteiger partial charge is 0.457 e. The van der Waals surface area contributed by atoms with Crippen LogP contribution in [0, 0.1) is 0 Å². The van der Waals surface area contributed by atoms with E-state index in [4.69, 9.17) is 10.5 Å². The number of hydrogen-bond donors (Lipinski definition) is 1. The number of aromatic nitrogens is 2. The van der Waals surface area contributed by atoms with Gasteiger partial charge in [0.25, 0.3) is 0 Å². The van der Waals surface area contributed by atoms with E-state index in [9.17, 15) is 9.59 Å². The van der Waals surface area contributed by atoms with Crippen molar-refractivity contribution in [1.29, 1.82) is 0 Å². The SMILES string of the molecule is C=CC(=O)N1CCC(n2c(=O)n(-c3ccc(Oc4ccccc4)cc3)c3c(N)cccc32)C1. The van der Waals surface area contributed by atoms with E-state index < -0.39 is 0 Å². The number of fused-ring (bicyclic) bond motifs is 1. The van der Waals surface area contributed by atoms with Gasteiger partial charge in [-0.3, -0.25) is 13.9 Å². The van der Waals surface area contributed by atoms with Crippen molar-refractivity contribution in [2.24, 2.45) is 0 Å². The number of carbonyl (C=O) groups excluding carboxylic acids is 1. The van der Waals surface area contributed by atoms with Crippen LogP contribution in [0.25, 0.3) is 16.7 Å². The summed E-state index contributed by atoms with van der Waals surface area (Å²) in [4.78, 5) is 27.4. The number of anilines is 1. The molecule has 1 saturated heterocycles. The number of amides is 1. The molecule has 1 amide bonds. The summed E-state index contributed by atoms with van der Waals surface area (Å²) in [7, 11) is 0. The Kier molecular flexibility index (Phi) is 5.22. The molecule has 166 valence electrons. The van der Waals surface area contributed by atoms with E-state index in [0.29, 0.717) is 42.2 Å². The van der Waals surface area contributed by atoms with Crippen molar-refractivity contribution < 1.29 is 9.53 Å². The van der Waals surface area contributed by atoms with Crippen molar-refractivity contribution in [2.75, 3.05) is 18.8 Å². The van der Waals surface area contributed by atoms with Crippen molar-refractivity contribution in [3.63, 3.8) is 0 Å². The second kappa shape index (κ2) is 8.35. The van der Waals surface area contributed by atoms with Gasteiger partial charge in [0.2, 0.25) is 5.91 Å². The zero-order valence-corrected chi connectivity index (χ0v) is 18.1. The summed E-state index contributed by atoms with van der Waals surface area (Å²) in [6.45, 7) is 4.62. The van der Waals surface area contributed by atoms with Crippen LogP contribution in [0.15, 0.2) is 90.2 Å². The van der Waals surface area contributed by atoms with E-state index in [2.05, 4.69) is 6.58 Å². The quantitative estimate of drug-likeness (QED) is 0.374. The van der Waals surface area contributed by atoms with Gasteiger partial charge >= 0.3 is 5.69 Å². The maximum Gasteiger partial charge on any atom is 0.334 e. The first kappa shape index (κ1) is 20.6. The molecule has 2 heterocycles. The van der Waals surface area contributed by atoms with E-state index in [1.807, 2.05) is 66.7 Å². The number of hydrogen-bond acceptors (Lipinski definition) is 4. The molecular weight excluding hydrogens is 416 g/mol. The summed E-state index contributed by atoms with van der Waals surface area (Å²) in [5.41, 5.74) is 8.77. The third-order valence-corrected chi connectivity index (χ3v) is 6.02. The Morgan fingerprint density at radius 2 is 1.73 bits per heavy atom. The van der Waals surface area contributed by atoms with Gasteiger partial charge in [0.1, 0.15) is 11.5 Å². The van der Waals surface area contributed by atoms with Gasteiger partial charge in [0.05, 0.1) is 28.5 Å². The second-order valence-corrected chi connectivity index (χ2v) is 8.04. The monoisotopic (exact) mass is 440 g/mol. The highest BCUT2D eigenvalue weighted by Gasteiger charge is 2.30. The fraction of sp³-hybridized carbons (Fsp3) is 0.154. The molecule has 0 radical (unpaired) electrons. The molecule has 1 aromatic heterocycles. The molecule has 5 rings (SSSR count). The predicted octanol–water partition coefficient (Wildman–Crippen LogP) is 4.13. The number of imidazole rings is 1. The van der Waals surface area contributed by atoms with Crippen LogP contribution in [-0.2, 0) is 4.79 Å². The molecule has 1 aliphatic heterocycles. The number of nitrogen functional groups attached to an aromatic ring is 1. The van der Waals surface area contributed by atoms with Gasteiger partial charge in [-0.25, -0.2) is 4.79 Å². The lowest BCUT2D eigenvalue weighted by Crippen LogP contribution is -2.31. The summed E-state index contributed by atoms with van der Waals surface area (Å²) in [6.07, 6.45) is 2.00. The Morgan fingerprint density at radius 3 is 2.45 bits per heavy atom. The molecule has 7 heteroatoms. The molecule has 7 nitrogen and oxygen atoms in total. The summed E-state index contributed by atoms with van der Waals surface area (Å²) in [5.74, 6) is 1.29. The van der Waals surface area contributed by atoms with Crippen LogP contribution in [0.1, 0.15) is 12.5 Å². The number of likely N-dealkylation sites (tertiary alicyclic amines) is 1. The molecule has 0 saturated carbocycles. The Hall–Kier alpha value is -4.26. The normalized spacial score (nSPS) is 15.6. The summed E-state index contributed by atoms with van der Waals surface area (Å²) >= 11 is 0. The first-order valence-electron chi connectivity index (χ1n) is 10.8. The van der Waals surface area contributed by atoms with Crippen molar-refractivity contribution in [3.05, 3.63) is 95.9 Å². The van der Waals surface area contributed by atoms with Gasteiger partial charge in [-0.2, -0.15) is 0 Å². The number of carbonyl (C=O) groups is 1. The van der Waals surface area contributed by atoms with Gasteiger partial charge in [-0.15, -0.1) is 0 Å². The number of benzene rings is 3. The average molecular weight is 441 g/mol. The summed E-state index contributed by atoms with van der Waals surface area (Å²) in [6, 6.07) is 22.3. The van der Waals surface area contributed by atoms with E-state index in [0.717, 1.165) is 11.3 Å². The molecule has 33 heavy (non-hydrogen) atoms. The molecular formula is C26H24N4O3. The number of ether oxygens (including phenoxy) is 1. The molecule has 3 aromatic carbocycles. The van der Waals surface area contributed by atoms with Crippen molar-refractivity contribution in [1.82, 2.24) is 14.0 Å². The molecule has 1 aliphatic rings. The second-order valence-electron chi connectivity index (χ2n) is 8.04. The van der Waals surface area contributed by atoms with Gasteiger partial charge < -0.3 is 15.4 Å². The van der Waals surface area contributed by atoms with Crippen LogP contribution in [0.3, 0.4) is 0 Å². The standard InChI is InChI=1S/C26H24N4O3/c1-2-24(31)28-16-15-19(17-28)29-23-10-6-9-22(27)25(23)30(26(29)32)18-11-13-21(14-12-18)33-20-7-4-3-5-8-20/h2-14,19H,1,15-17,27H2. The Morgan fingerprint density at radius 1 is 1.00 bits per heavy atom. The smallest absolute Gasteiger partial charge is 0.334 e. The summed E-state index contributed by atoms with van der Waals surface area (Å²) < 4.78 is 9.27. The maximum atomic E-state index is 13.7. The average Bonchev–Trinajstić information content (AvgIpc) is 3.43. The topological polar surface area (TPSA) is 82.5 Å². The number of para-hydroxylation sites is 2. The van der Waals surface area contributed by atoms with Gasteiger partial charge in [-0.05, 0) is 61.0 Å². The van der Waals surface area contributed by atoms with Gasteiger partial charge in [-0.1, -0.05) is 30.8 Å². The third kappa shape index (κ3) is 3.67. The van der Waals surface area contributed by atoms with Gasteiger partial charge in [0.15, 0.2) is 0 Å². The van der Waals surface area contributed by atoms with Crippen LogP contribution in [0.5, 0.6) is 11.5 Å². The van der Waals surface area contributed by atoms with Crippen LogP contribution in [0.2, 0.25) is 0 Å². The zero-order valence-electron chi connectivity index (χ0n) is 18.1. The highest BCUT2D eigenvalue weighted by atomic mass is 16.5. The van der Waals surface area contributed by atoms with Crippen molar-refractivity contribution in [3.8, 4) is 17.2 Å². The third-order valence-electron chi connectivity index (χ3n) is 6.02. The minimum Gasteiger partial charge on any atom is -0.457 e. The van der Waals surface area contributed by atoms with Crippen LogP contribution in [-0.4, -0.2) is 33.0 Å². The molecule has 1 atom stereocenters. The number of nitrogens with two attached hydrogens (primary N) is 1. The molecule has 2 N–H and O–H groups in total. The van der Waals surface area contributed by atoms with E-state index >= 15 is 0 Å². The Balaban J connectivity index is 1.55. The zero-order chi connectivity index (χ0) is 22.9. The minimum absolute atomic E-state index is 0.122. The predicted molar refractivity (Wildman–Crippen MR) is 129 cm³/mol. The highest BCUT2D eigenvalue weighted by Crippen LogP contribution is 2.30. The number of nitrogens with zero attached hydrogens (tertiary/aromatic N) is 3. The van der Waals surface area contributed by atoms with Gasteiger partial charge in [0, 0.05) is 13.1 Å². The lowest BCUT2D eigenvalue weighted by atomic mass is 10.2. The van der Waals surface area contributed by atoms with Crippen LogP contribution in [0.4, 0.5) is 5.69 Å². The van der Waals surface area contributed by atoms with Crippen LogP contribution < -0.4 is 16.2 Å². The fourth-order valence-electron chi connectivity index (χ4n) is 4.46. The van der Waals surface area contributed by atoms with E-state index in [1.54, 1.807) is 20.1 Å².